The maximum atomic E-state index is 6.40. The highest BCUT2D eigenvalue weighted by Crippen LogP contribution is 2.29. The maximum absolute atomic E-state index is 6.40. The summed E-state index contributed by atoms with van der Waals surface area (Å²) in [4.78, 5) is 4.53. The van der Waals surface area contributed by atoms with E-state index < -0.39 is 0 Å². The normalized spacial score (nSPS) is 12.9. The van der Waals surface area contributed by atoms with Crippen LogP contribution in [-0.4, -0.2) is 21.3 Å². The molecule has 21 heavy (non-hydrogen) atoms. The number of aryl methyl sites for hydroxylation is 1. The van der Waals surface area contributed by atoms with Gasteiger partial charge in [0.15, 0.2) is 0 Å². The standard InChI is InChI=1S/C16H23ClN4/c1-5-7-19-15(14-9-12(4)6-8-18-14)16-13(17)10-20-21(16)11(2)3/h6,8-11,15,19H,5,7H2,1-4H3. The molecule has 2 aromatic heterocycles. The number of nitrogens with one attached hydrogen (secondary N) is 1. The third-order valence-corrected chi connectivity index (χ3v) is 3.67. The topological polar surface area (TPSA) is 42.7 Å². The molecule has 0 fully saturated rings. The molecule has 2 rings (SSSR count). The summed E-state index contributed by atoms with van der Waals surface area (Å²) < 4.78 is 1.97. The molecule has 0 aliphatic carbocycles. The number of hydrogen-bond acceptors (Lipinski definition) is 3. The molecule has 0 bridgehead atoms. The van der Waals surface area contributed by atoms with E-state index >= 15 is 0 Å². The minimum Gasteiger partial charge on any atom is -0.304 e. The Kier molecular flexibility index (Phi) is 5.37. The summed E-state index contributed by atoms with van der Waals surface area (Å²) in [6.07, 6.45) is 4.61. The van der Waals surface area contributed by atoms with E-state index in [4.69, 9.17) is 11.6 Å². The van der Waals surface area contributed by atoms with E-state index in [1.165, 1.54) is 5.56 Å². The van der Waals surface area contributed by atoms with Gasteiger partial charge in [-0.05, 0) is 51.4 Å². The van der Waals surface area contributed by atoms with Crippen LogP contribution in [0.3, 0.4) is 0 Å². The third-order valence-electron chi connectivity index (χ3n) is 3.38. The summed E-state index contributed by atoms with van der Waals surface area (Å²) in [5.74, 6) is 0. The van der Waals surface area contributed by atoms with Crippen LogP contribution in [0.2, 0.25) is 5.02 Å². The van der Waals surface area contributed by atoms with Crippen LogP contribution >= 0.6 is 11.6 Å². The van der Waals surface area contributed by atoms with Crippen LogP contribution in [0.5, 0.6) is 0 Å². The zero-order chi connectivity index (χ0) is 15.4. The molecule has 5 heteroatoms. The Labute approximate surface area is 131 Å². The second kappa shape index (κ2) is 7.05. The molecule has 0 radical (unpaired) electrons. The Bertz CT molecular complexity index is 592. The van der Waals surface area contributed by atoms with Crippen LogP contribution in [0.25, 0.3) is 0 Å². The quantitative estimate of drug-likeness (QED) is 0.880. The average Bonchev–Trinajstić information content (AvgIpc) is 2.82. The molecule has 0 saturated heterocycles. The number of halogens is 1. The van der Waals surface area contributed by atoms with E-state index in [0.29, 0.717) is 5.02 Å². The predicted octanol–water partition coefficient (Wildman–Crippen LogP) is 3.91. The maximum Gasteiger partial charge on any atom is 0.0937 e. The molecule has 4 nitrogen and oxygen atoms in total. The molecule has 0 aliphatic heterocycles. The van der Waals surface area contributed by atoms with Gasteiger partial charge in [0.1, 0.15) is 0 Å². The summed E-state index contributed by atoms with van der Waals surface area (Å²) in [6.45, 7) is 9.33. The fraction of sp³-hybridized carbons (Fsp3) is 0.500. The molecular formula is C16H23ClN4. The number of nitrogens with zero attached hydrogens (tertiary/aromatic N) is 3. The van der Waals surface area contributed by atoms with Crippen molar-refractivity contribution in [3.05, 3.63) is 46.5 Å². The lowest BCUT2D eigenvalue weighted by Crippen LogP contribution is -2.27. The van der Waals surface area contributed by atoms with E-state index in [9.17, 15) is 0 Å². The summed E-state index contributed by atoms with van der Waals surface area (Å²) in [7, 11) is 0. The molecule has 1 unspecified atom stereocenters. The summed E-state index contributed by atoms with van der Waals surface area (Å²) >= 11 is 6.40. The Morgan fingerprint density at radius 1 is 1.38 bits per heavy atom. The highest BCUT2D eigenvalue weighted by atomic mass is 35.5. The Morgan fingerprint density at radius 3 is 2.76 bits per heavy atom. The lowest BCUT2D eigenvalue weighted by Gasteiger charge is -2.22. The van der Waals surface area contributed by atoms with Crippen molar-refractivity contribution in [2.24, 2.45) is 0 Å². The zero-order valence-electron chi connectivity index (χ0n) is 13.1. The monoisotopic (exact) mass is 306 g/mol. The largest absolute Gasteiger partial charge is 0.304 e. The van der Waals surface area contributed by atoms with Gasteiger partial charge < -0.3 is 5.32 Å². The molecule has 0 aromatic carbocycles. The predicted molar refractivity (Wildman–Crippen MR) is 86.7 cm³/mol. The minimum atomic E-state index is -0.0396. The fourth-order valence-corrected chi connectivity index (χ4v) is 2.62. The molecule has 1 atom stereocenters. The van der Waals surface area contributed by atoms with Crippen molar-refractivity contribution < 1.29 is 0 Å². The first kappa shape index (κ1) is 16.0. The van der Waals surface area contributed by atoms with Gasteiger partial charge in [-0.3, -0.25) is 9.67 Å². The molecular weight excluding hydrogens is 284 g/mol. The average molecular weight is 307 g/mol. The van der Waals surface area contributed by atoms with E-state index in [2.05, 4.69) is 49.2 Å². The fourth-order valence-electron chi connectivity index (χ4n) is 2.38. The van der Waals surface area contributed by atoms with Gasteiger partial charge in [-0.25, -0.2) is 0 Å². The van der Waals surface area contributed by atoms with E-state index in [1.54, 1.807) is 6.20 Å². The Hall–Kier alpha value is -1.39. The summed E-state index contributed by atoms with van der Waals surface area (Å²) in [5, 5.41) is 8.63. The van der Waals surface area contributed by atoms with E-state index in [-0.39, 0.29) is 12.1 Å². The van der Waals surface area contributed by atoms with E-state index in [0.717, 1.165) is 24.4 Å². The van der Waals surface area contributed by atoms with Crippen LogP contribution in [-0.2, 0) is 0 Å². The number of pyridine rings is 1. The van der Waals surface area contributed by atoms with Crippen molar-refractivity contribution in [1.29, 1.82) is 0 Å². The Morgan fingerprint density at radius 2 is 2.14 bits per heavy atom. The summed E-state index contributed by atoms with van der Waals surface area (Å²) in [5.41, 5.74) is 3.15. The number of hydrogen-bond donors (Lipinski definition) is 1. The van der Waals surface area contributed by atoms with Crippen molar-refractivity contribution in [1.82, 2.24) is 20.1 Å². The van der Waals surface area contributed by atoms with Crippen molar-refractivity contribution in [2.75, 3.05) is 6.54 Å². The van der Waals surface area contributed by atoms with E-state index in [1.807, 2.05) is 16.9 Å². The number of rotatable bonds is 6. The van der Waals surface area contributed by atoms with Gasteiger partial charge in [-0.15, -0.1) is 0 Å². The van der Waals surface area contributed by atoms with Gasteiger partial charge in [0.05, 0.1) is 28.6 Å². The first-order valence-electron chi connectivity index (χ1n) is 7.43. The first-order valence-corrected chi connectivity index (χ1v) is 7.81. The molecule has 2 heterocycles. The smallest absolute Gasteiger partial charge is 0.0937 e. The second-order valence-corrected chi connectivity index (χ2v) is 5.97. The molecule has 0 amide bonds. The van der Waals surface area contributed by atoms with Crippen LogP contribution in [0.4, 0.5) is 0 Å². The van der Waals surface area contributed by atoms with Gasteiger partial charge in [-0.1, -0.05) is 18.5 Å². The first-order chi connectivity index (χ1) is 10.0. The van der Waals surface area contributed by atoms with Crippen LogP contribution < -0.4 is 5.32 Å². The molecule has 1 N–H and O–H groups in total. The van der Waals surface area contributed by atoms with Gasteiger partial charge in [0.25, 0.3) is 0 Å². The summed E-state index contributed by atoms with van der Waals surface area (Å²) in [6, 6.07) is 4.31. The molecule has 0 saturated carbocycles. The zero-order valence-corrected chi connectivity index (χ0v) is 13.9. The molecule has 114 valence electrons. The molecule has 0 aliphatic rings. The van der Waals surface area contributed by atoms with Crippen LogP contribution in [0.1, 0.15) is 56.2 Å². The molecule has 0 spiro atoms. The van der Waals surface area contributed by atoms with Gasteiger partial charge in [0, 0.05) is 12.2 Å². The van der Waals surface area contributed by atoms with Crippen molar-refractivity contribution in [2.45, 2.75) is 46.2 Å². The van der Waals surface area contributed by atoms with Crippen LogP contribution in [0, 0.1) is 6.92 Å². The lowest BCUT2D eigenvalue weighted by atomic mass is 10.1. The minimum absolute atomic E-state index is 0.0396. The van der Waals surface area contributed by atoms with Gasteiger partial charge in [0.2, 0.25) is 0 Å². The second-order valence-electron chi connectivity index (χ2n) is 5.56. The highest BCUT2D eigenvalue weighted by Gasteiger charge is 2.24. The van der Waals surface area contributed by atoms with Crippen molar-refractivity contribution in [3.8, 4) is 0 Å². The lowest BCUT2D eigenvalue weighted by molar-refractivity contribution is 0.468. The highest BCUT2D eigenvalue weighted by molar-refractivity contribution is 6.31. The van der Waals surface area contributed by atoms with Crippen molar-refractivity contribution in [3.63, 3.8) is 0 Å². The van der Waals surface area contributed by atoms with Crippen LogP contribution in [0.15, 0.2) is 24.5 Å². The molecule has 2 aromatic rings. The SMILES string of the molecule is CCCNC(c1cc(C)ccn1)c1c(Cl)cnn1C(C)C. The third kappa shape index (κ3) is 3.63. The Balaban J connectivity index is 2.48. The van der Waals surface area contributed by atoms with Gasteiger partial charge in [-0.2, -0.15) is 5.10 Å². The van der Waals surface area contributed by atoms with Crippen molar-refractivity contribution >= 4 is 11.6 Å². The van der Waals surface area contributed by atoms with Gasteiger partial charge >= 0.3 is 0 Å². The number of aromatic nitrogens is 3.